The average Bonchev–Trinajstić information content (AvgIpc) is 3.02. The molecule has 2 aromatic heterocycles. The van der Waals surface area contributed by atoms with E-state index in [0.717, 1.165) is 0 Å². The van der Waals surface area contributed by atoms with Gasteiger partial charge in [0.05, 0.1) is 5.69 Å². The van der Waals surface area contributed by atoms with Crippen molar-refractivity contribution in [1.82, 2.24) is 14.6 Å². The molecule has 9 nitrogen and oxygen atoms in total. The van der Waals surface area contributed by atoms with E-state index < -0.39 is 29.3 Å². The van der Waals surface area contributed by atoms with Crippen LogP contribution in [0.15, 0.2) is 18.5 Å². The summed E-state index contributed by atoms with van der Waals surface area (Å²) >= 11 is 0. The summed E-state index contributed by atoms with van der Waals surface area (Å²) in [4.78, 5) is 3.85. The summed E-state index contributed by atoms with van der Waals surface area (Å²) in [6, 6.07) is 5.02. The molecule has 3 rings (SSSR count). The van der Waals surface area contributed by atoms with Crippen LogP contribution in [0.25, 0.3) is 5.52 Å². The van der Waals surface area contributed by atoms with Gasteiger partial charge in [-0.05, 0) is 12.1 Å². The Bertz CT molecular complexity index is 801. The van der Waals surface area contributed by atoms with Gasteiger partial charge < -0.3 is 25.8 Å². The van der Waals surface area contributed by atoms with Gasteiger partial charge in [0.2, 0.25) is 5.60 Å². The van der Waals surface area contributed by atoms with Crippen LogP contribution in [0.5, 0.6) is 0 Å². The Kier molecular flexibility index (Phi) is 3.38. The number of aromatic nitrogens is 3. The molecule has 11 heteroatoms. The number of hydrogen-bond donors (Lipinski definition) is 4. The zero-order valence-electron chi connectivity index (χ0n) is 12.6. The number of aliphatic hydroxyl groups is 3. The van der Waals surface area contributed by atoms with Crippen LogP contribution in [0.3, 0.4) is 0 Å². The molecular formula is C12H15B2N5O4. The zero-order chi connectivity index (χ0) is 17.0. The molecule has 1 saturated heterocycles. The third-order valence-corrected chi connectivity index (χ3v) is 4.09. The first-order valence-corrected chi connectivity index (χ1v) is 6.98. The Hall–Kier alpha value is -2.12. The van der Waals surface area contributed by atoms with Gasteiger partial charge in [0.25, 0.3) is 0 Å². The molecule has 0 aliphatic carbocycles. The summed E-state index contributed by atoms with van der Waals surface area (Å²) in [5, 5.41) is 43.0. The minimum absolute atomic E-state index is 0.197. The Labute approximate surface area is 133 Å². The highest BCUT2D eigenvalue weighted by Crippen LogP contribution is 2.42. The number of ether oxygens (including phenoxy) is 1. The van der Waals surface area contributed by atoms with Crippen molar-refractivity contribution in [2.45, 2.75) is 29.3 Å². The highest BCUT2D eigenvalue weighted by Gasteiger charge is 2.60. The standard InChI is InChI=1S/C12H15B2N5O4/c13-12(14,22)9-7(20)8(21)11(3-15,23-9)6-2-1-5-10(16)17-4-18-19(5)6/h1-2,4,7-9,20-22H,13-14H2,(H2,16,17,18)/t7-,8+,9?,11-/m0/s1. The molecule has 118 valence electrons. The largest absolute Gasteiger partial charge is 0.405 e. The van der Waals surface area contributed by atoms with Crippen LogP contribution in [-0.2, 0) is 10.3 Å². The fourth-order valence-corrected chi connectivity index (χ4v) is 2.90. The Morgan fingerprint density at radius 1 is 1.43 bits per heavy atom. The fourth-order valence-electron chi connectivity index (χ4n) is 2.90. The molecule has 23 heavy (non-hydrogen) atoms. The monoisotopic (exact) mass is 315 g/mol. The lowest BCUT2D eigenvalue weighted by Gasteiger charge is -2.28. The smallest absolute Gasteiger partial charge is 0.225 e. The molecule has 2 aromatic rings. The lowest BCUT2D eigenvalue weighted by Crippen LogP contribution is -2.50. The van der Waals surface area contributed by atoms with E-state index in [4.69, 9.17) is 10.5 Å². The van der Waals surface area contributed by atoms with Crippen LogP contribution in [0.1, 0.15) is 5.69 Å². The highest BCUT2D eigenvalue weighted by atomic mass is 16.6. The molecule has 1 aliphatic heterocycles. The molecule has 0 saturated carbocycles. The maximum absolute atomic E-state index is 10.4. The van der Waals surface area contributed by atoms with Crippen molar-refractivity contribution in [3.8, 4) is 6.07 Å². The number of nitrogen functional groups attached to an aromatic ring is 1. The van der Waals surface area contributed by atoms with Crippen molar-refractivity contribution in [3.05, 3.63) is 24.2 Å². The Balaban J connectivity index is 2.19. The number of nitriles is 1. The van der Waals surface area contributed by atoms with E-state index in [9.17, 15) is 20.6 Å². The number of anilines is 1. The summed E-state index contributed by atoms with van der Waals surface area (Å²) < 4.78 is 6.97. The molecule has 3 heterocycles. The molecule has 1 fully saturated rings. The Morgan fingerprint density at radius 2 is 2.13 bits per heavy atom. The maximum Gasteiger partial charge on any atom is 0.225 e. The number of rotatable bonds is 2. The second kappa shape index (κ2) is 4.94. The van der Waals surface area contributed by atoms with E-state index in [1.807, 2.05) is 6.07 Å². The summed E-state index contributed by atoms with van der Waals surface area (Å²) in [6.45, 7) is 0. The molecule has 0 spiro atoms. The summed E-state index contributed by atoms with van der Waals surface area (Å²) in [5.74, 6) is 0.200. The molecule has 1 aliphatic rings. The second-order valence-electron chi connectivity index (χ2n) is 6.14. The Morgan fingerprint density at radius 3 is 2.70 bits per heavy atom. The number of hydrogen-bond acceptors (Lipinski definition) is 8. The summed E-state index contributed by atoms with van der Waals surface area (Å²) in [6.07, 6.45) is -2.96. The molecule has 4 atom stereocenters. The van der Waals surface area contributed by atoms with E-state index in [0.29, 0.717) is 5.52 Å². The summed E-state index contributed by atoms with van der Waals surface area (Å²) in [5.41, 5.74) is 4.51. The van der Waals surface area contributed by atoms with Gasteiger partial charge in [-0.3, -0.25) is 0 Å². The van der Waals surface area contributed by atoms with Crippen molar-refractivity contribution >= 4 is 27.0 Å². The third-order valence-electron chi connectivity index (χ3n) is 4.09. The predicted molar refractivity (Wildman–Crippen MR) is 83.6 cm³/mol. The normalized spacial score (nSPS) is 31.3. The van der Waals surface area contributed by atoms with Crippen LogP contribution in [0.2, 0.25) is 0 Å². The first-order chi connectivity index (χ1) is 10.7. The first-order valence-electron chi connectivity index (χ1n) is 6.98. The van der Waals surface area contributed by atoms with Gasteiger partial charge in [0.1, 0.15) is 51.9 Å². The van der Waals surface area contributed by atoms with Gasteiger partial charge in [0, 0.05) is 5.40 Å². The van der Waals surface area contributed by atoms with Crippen molar-refractivity contribution in [2.75, 3.05) is 5.73 Å². The molecular weight excluding hydrogens is 300 g/mol. The molecule has 0 radical (unpaired) electrons. The van der Waals surface area contributed by atoms with E-state index in [1.165, 1.54) is 32.6 Å². The van der Waals surface area contributed by atoms with E-state index in [2.05, 4.69) is 10.1 Å². The van der Waals surface area contributed by atoms with Crippen LogP contribution in [0.4, 0.5) is 5.82 Å². The SMILES string of the molecule is BC(B)(O)C1O[C@@](C#N)(c2ccc3c(N)ncnn23)[C@H](O)[C@@H]1O. The average molecular weight is 315 g/mol. The molecule has 0 amide bonds. The zero-order valence-corrected chi connectivity index (χ0v) is 12.6. The van der Waals surface area contributed by atoms with Gasteiger partial charge in [-0.15, -0.1) is 0 Å². The van der Waals surface area contributed by atoms with Crippen LogP contribution >= 0.6 is 0 Å². The van der Waals surface area contributed by atoms with Gasteiger partial charge >= 0.3 is 0 Å². The van der Waals surface area contributed by atoms with Gasteiger partial charge in [-0.1, -0.05) is 0 Å². The van der Waals surface area contributed by atoms with Crippen molar-refractivity contribution in [2.24, 2.45) is 0 Å². The van der Waals surface area contributed by atoms with Crippen LogP contribution in [0, 0.1) is 11.3 Å². The van der Waals surface area contributed by atoms with Crippen molar-refractivity contribution in [3.63, 3.8) is 0 Å². The lowest BCUT2D eigenvalue weighted by atomic mass is 9.61. The van der Waals surface area contributed by atoms with Crippen molar-refractivity contribution < 1.29 is 20.1 Å². The van der Waals surface area contributed by atoms with Gasteiger partial charge in [-0.2, -0.15) is 10.4 Å². The van der Waals surface area contributed by atoms with Gasteiger partial charge in [0.15, 0.2) is 5.82 Å². The predicted octanol–water partition coefficient (Wildman–Crippen LogP) is -3.94. The molecule has 0 bridgehead atoms. The second-order valence-corrected chi connectivity index (χ2v) is 6.14. The minimum Gasteiger partial charge on any atom is -0.405 e. The third kappa shape index (κ3) is 2.11. The van der Waals surface area contributed by atoms with Gasteiger partial charge in [-0.25, -0.2) is 9.50 Å². The molecule has 5 N–H and O–H groups in total. The minimum atomic E-state index is -1.89. The number of nitrogens with two attached hydrogens (primary N) is 1. The van der Waals surface area contributed by atoms with Crippen molar-refractivity contribution in [1.29, 1.82) is 5.26 Å². The van der Waals surface area contributed by atoms with Crippen LogP contribution in [-0.4, -0.2) is 69.3 Å². The first kappa shape index (κ1) is 15.8. The topological polar surface area (TPSA) is 150 Å². The highest BCUT2D eigenvalue weighted by molar-refractivity contribution is 6.39. The van der Waals surface area contributed by atoms with E-state index in [1.54, 1.807) is 6.07 Å². The maximum atomic E-state index is 10.4. The number of aliphatic hydroxyl groups excluding tert-OH is 2. The lowest BCUT2D eigenvalue weighted by molar-refractivity contribution is -0.0843. The summed E-state index contributed by atoms with van der Waals surface area (Å²) in [7, 11) is 2.86. The molecule has 1 unspecified atom stereocenters. The fraction of sp³-hybridized carbons (Fsp3) is 0.417. The van der Waals surface area contributed by atoms with E-state index >= 15 is 0 Å². The molecule has 0 aromatic carbocycles. The van der Waals surface area contributed by atoms with Crippen LogP contribution < -0.4 is 5.73 Å². The number of nitrogens with zero attached hydrogens (tertiary/aromatic N) is 4. The quantitative estimate of drug-likeness (QED) is 0.410. The van der Waals surface area contributed by atoms with E-state index in [-0.39, 0.29) is 11.5 Å². The number of fused-ring (bicyclic) bond motifs is 1.